The van der Waals surface area contributed by atoms with Gasteiger partial charge in [-0.25, -0.2) is 0 Å². The van der Waals surface area contributed by atoms with Gasteiger partial charge in [-0.15, -0.1) is 0 Å². The lowest BCUT2D eigenvalue weighted by Crippen LogP contribution is -2.10. The molecule has 162 valence electrons. The van der Waals surface area contributed by atoms with Crippen molar-refractivity contribution in [3.63, 3.8) is 0 Å². The van der Waals surface area contributed by atoms with Gasteiger partial charge in [0.15, 0.2) is 6.23 Å². The summed E-state index contributed by atoms with van der Waals surface area (Å²) in [7, 11) is 0. The van der Waals surface area contributed by atoms with Gasteiger partial charge in [-0.3, -0.25) is 19.9 Å². The highest BCUT2D eigenvalue weighted by molar-refractivity contribution is 5.86. The molecule has 0 saturated heterocycles. The molecule has 9 nitrogen and oxygen atoms in total. The Morgan fingerprint density at radius 2 is 2.00 bits per heavy atom. The van der Waals surface area contributed by atoms with Gasteiger partial charge in [0.25, 0.3) is 0 Å². The second kappa shape index (κ2) is 7.88. The Balaban J connectivity index is 1.21. The number of nitrogens with one attached hydrogen (secondary N) is 3. The van der Waals surface area contributed by atoms with E-state index in [0.717, 1.165) is 38.5 Å². The fraction of sp³-hybridized carbons (Fsp3) is 0.0833. The molecule has 4 heterocycles. The normalized spacial score (nSPS) is 12.4. The number of aliphatic hydroxyl groups is 1. The molecule has 4 aromatic heterocycles. The molecule has 6 aromatic rings. The van der Waals surface area contributed by atoms with Crippen LogP contribution in [0.4, 0.5) is 5.69 Å². The Morgan fingerprint density at radius 1 is 1.06 bits per heavy atom. The molecule has 0 fully saturated rings. The van der Waals surface area contributed by atoms with E-state index in [-0.39, 0.29) is 0 Å². The van der Waals surface area contributed by atoms with Crippen molar-refractivity contribution < 1.29 is 5.11 Å². The average molecular weight is 436 g/mol. The van der Waals surface area contributed by atoms with Crippen LogP contribution >= 0.6 is 0 Å². The van der Waals surface area contributed by atoms with Gasteiger partial charge < -0.3 is 10.4 Å². The molecule has 6 rings (SSSR count). The van der Waals surface area contributed by atoms with Crippen LogP contribution < -0.4 is 5.32 Å². The minimum Gasteiger partial charge on any atom is -0.368 e. The molecule has 0 bridgehead atoms. The number of anilines is 1. The predicted molar refractivity (Wildman–Crippen MR) is 125 cm³/mol. The largest absolute Gasteiger partial charge is 0.368 e. The number of hydrogen-bond donors (Lipinski definition) is 4. The van der Waals surface area contributed by atoms with E-state index in [0.29, 0.717) is 17.9 Å². The Morgan fingerprint density at radius 3 is 2.91 bits per heavy atom. The van der Waals surface area contributed by atoms with Crippen molar-refractivity contribution in [2.75, 3.05) is 5.32 Å². The fourth-order valence-corrected chi connectivity index (χ4v) is 4.05. The summed E-state index contributed by atoms with van der Waals surface area (Å²) in [6.07, 6.45) is 7.98. The van der Waals surface area contributed by atoms with Crippen LogP contribution in [-0.2, 0) is 6.54 Å². The first-order chi connectivity index (χ1) is 16.2. The van der Waals surface area contributed by atoms with Crippen LogP contribution in [-0.4, -0.2) is 40.3 Å². The average Bonchev–Trinajstić information content (AvgIpc) is 3.60. The summed E-state index contributed by atoms with van der Waals surface area (Å²) in [6.45, 7) is 0.579. The number of fused-ring (bicyclic) bond motifs is 2. The smallest absolute Gasteiger partial charge is 0.168 e. The highest BCUT2D eigenvalue weighted by Gasteiger charge is 2.16. The van der Waals surface area contributed by atoms with Gasteiger partial charge in [0.05, 0.1) is 41.4 Å². The van der Waals surface area contributed by atoms with Crippen molar-refractivity contribution >= 4 is 27.5 Å². The maximum absolute atomic E-state index is 10.8. The lowest BCUT2D eigenvalue weighted by Gasteiger charge is -2.11. The first kappa shape index (κ1) is 19.2. The van der Waals surface area contributed by atoms with Crippen molar-refractivity contribution in [3.05, 3.63) is 90.8 Å². The van der Waals surface area contributed by atoms with Crippen LogP contribution in [0.5, 0.6) is 0 Å². The molecule has 0 saturated carbocycles. The zero-order valence-electron chi connectivity index (χ0n) is 17.5. The van der Waals surface area contributed by atoms with Crippen LogP contribution in [0.2, 0.25) is 0 Å². The molecule has 33 heavy (non-hydrogen) atoms. The van der Waals surface area contributed by atoms with Crippen LogP contribution in [0.1, 0.15) is 17.5 Å². The van der Waals surface area contributed by atoms with E-state index in [2.05, 4.69) is 35.8 Å². The highest BCUT2D eigenvalue weighted by Crippen LogP contribution is 2.28. The van der Waals surface area contributed by atoms with E-state index in [1.54, 1.807) is 18.6 Å². The summed E-state index contributed by atoms with van der Waals surface area (Å²) < 4.78 is 1.82. The lowest BCUT2D eigenvalue weighted by atomic mass is 10.1. The standard InChI is InChI=1S/C24H20N8O/c33-24(23-20-7-6-16(9-21(20)30-31-23)18-10-26-27-11-18)29-19-12-28-32(14-19)13-17-4-1-3-15-5-2-8-25-22(15)17/h1-12,14,24,29,33H,13H2,(H,26,27)(H,30,31). The number of benzene rings is 2. The molecule has 0 amide bonds. The zero-order valence-corrected chi connectivity index (χ0v) is 17.5. The van der Waals surface area contributed by atoms with E-state index >= 15 is 0 Å². The monoisotopic (exact) mass is 436 g/mol. The minimum absolute atomic E-state index is 0.579. The highest BCUT2D eigenvalue weighted by atomic mass is 16.3. The Labute approximate surface area is 188 Å². The van der Waals surface area contributed by atoms with E-state index < -0.39 is 6.23 Å². The molecule has 0 aliphatic rings. The van der Waals surface area contributed by atoms with Crippen LogP contribution in [0, 0.1) is 0 Å². The van der Waals surface area contributed by atoms with Crippen molar-refractivity contribution in [1.82, 2.24) is 35.2 Å². The molecule has 0 spiro atoms. The topological polar surface area (TPSA) is 120 Å². The third kappa shape index (κ3) is 3.60. The van der Waals surface area contributed by atoms with Crippen LogP contribution in [0.15, 0.2) is 79.5 Å². The van der Waals surface area contributed by atoms with Gasteiger partial charge in [-0.1, -0.05) is 36.4 Å². The number of pyridine rings is 1. The quantitative estimate of drug-likeness (QED) is 0.294. The zero-order chi connectivity index (χ0) is 22.2. The van der Waals surface area contributed by atoms with Crippen LogP contribution in [0.3, 0.4) is 0 Å². The molecule has 1 atom stereocenters. The molecule has 9 heteroatoms. The first-order valence-electron chi connectivity index (χ1n) is 10.5. The number of aromatic amines is 2. The third-order valence-electron chi connectivity index (χ3n) is 5.67. The first-order valence-corrected chi connectivity index (χ1v) is 10.5. The number of para-hydroxylation sites is 1. The van der Waals surface area contributed by atoms with E-state index in [1.165, 1.54) is 0 Å². The maximum atomic E-state index is 10.8. The van der Waals surface area contributed by atoms with Gasteiger partial charge in [-0.2, -0.15) is 15.3 Å². The molecule has 4 N–H and O–H groups in total. The summed E-state index contributed by atoms with van der Waals surface area (Å²) in [6, 6.07) is 16.0. The SMILES string of the molecule is OC(Nc1cnn(Cc2cccc3cccnc23)c1)c1[nH]nc2cc(-c3cn[nH]c3)ccc12. The minimum atomic E-state index is -0.966. The summed E-state index contributed by atoms with van der Waals surface area (Å²) in [5.74, 6) is 0. The van der Waals surface area contributed by atoms with Crippen molar-refractivity contribution in [3.8, 4) is 11.1 Å². The lowest BCUT2D eigenvalue weighted by molar-refractivity contribution is 0.204. The number of nitrogens with zero attached hydrogens (tertiary/aromatic N) is 5. The van der Waals surface area contributed by atoms with Gasteiger partial charge in [0, 0.05) is 34.9 Å². The molecule has 0 aliphatic heterocycles. The number of H-pyrrole nitrogens is 2. The van der Waals surface area contributed by atoms with Gasteiger partial charge >= 0.3 is 0 Å². The Hall–Kier alpha value is -4.50. The number of hydrogen-bond acceptors (Lipinski definition) is 6. The Bertz CT molecular complexity index is 1540. The van der Waals surface area contributed by atoms with Gasteiger partial charge in [0.1, 0.15) is 0 Å². The number of rotatable bonds is 6. The molecule has 1 unspecified atom stereocenters. The van der Waals surface area contributed by atoms with E-state index in [9.17, 15) is 5.11 Å². The van der Waals surface area contributed by atoms with Crippen molar-refractivity contribution in [2.24, 2.45) is 0 Å². The molecular formula is C24H20N8O. The summed E-state index contributed by atoms with van der Waals surface area (Å²) >= 11 is 0. The molecule has 0 aliphatic carbocycles. The van der Waals surface area contributed by atoms with E-state index in [4.69, 9.17) is 0 Å². The molecule has 2 aromatic carbocycles. The summed E-state index contributed by atoms with van der Waals surface area (Å²) in [4.78, 5) is 4.50. The Kier molecular flexibility index (Phi) is 4.59. The summed E-state index contributed by atoms with van der Waals surface area (Å²) in [5, 5.41) is 34.4. The number of aliphatic hydroxyl groups excluding tert-OH is 1. The van der Waals surface area contributed by atoms with E-state index in [1.807, 2.05) is 65.6 Å². The third-order valence-corrected chi connectivity index (χ3v) is 5.67. The second-order valence-electron chi connectivity index (χ2n) is 7.82. The second-order valence-corrected chi connectivity index (χ2v) is 7.82. The van der Waals surface area contributed by atoms with Gasteiger partial charge in [0.2, 0.25) is 0 Å². The maximum Gasteiger partial charge on any atom is 0.168 e. The van der Waals surface area contributed by atoms with Gasteiger partial charge in [-0.05, 0) is 23.3 Å². The molecule has 0 radical (unpaired) electrons. The number of aromatic nitrogens is 7. The summed E-state index contributed by atoms with van der Waals surface area (Å²) in [5.41, 5.74) is 6.09. The van der Waals surface area contributed by atoms with Crippen molar-refractivity contribution in [1.29, 1.82) is 0 Å². The fourth-order valence-electron chi connectivity index (χ4n) is 4.05. The van der Waals surface area contributed by atoms with Crippen molar-refractivity contribution in [2.45, 2.75) is 12.8 Å². The predicted octanol–water partition coefficient (Wildman–Crippen LogP) is 3.85. The van der Waals surface area contributed by atoms with Crippen LogP contribution in [0.25, 0.3) is 32.9 Å². The molecular weight excluding hydrogens is 416 g/mol.